The van der Waals surface area contributed by atoms with Crippen molar-refractivity contribution >= 4 is 11.8 Å². The van der Waals surface area contributed by atoms with Crippen molar-refractivity contribution in [2.45, 2.75) is 52.1 Å². The molecule has 0 radical (unpaired) electrons. The molecule has 2 atom stereocenters. The van der Waals surface area contributed by atoms with Crippen LogP contribution in [-0.2, 0) is 6.42 Å². The molecule has 2 N–H and O–H groups in total. The zero-order chi connectivity index (χ0) is 21.2. The van der Waals surface area contributed by atoms with Crippen LogP contribution in [0.2, 0.25) is 0 Å². The summed E-state index contributed by atoms with van der Waals surface area (Å²) in [6, 6.07) is 11.8. The number of hydrogen-bond acceptors (Lipinski definition) is 2. The molecule has 1 saturated heterocycles. The molecule has 2 aromatic carbocycles. The molecule has 6 heteroatoms. The first kappa shape index (κ1) is 21.1. The van der Waals surface area contributed by atoms with Crippen LogP contribution < -0.4 is 5.32 Å². The van der Waals surface area contributed by atoms with Gasteiger partial charge in [0.15, 0.2) is 11.6 Å². The molecule has 0 aliphatic carbocycles. The maximum absolute atomic E-state index is 13.6. The van der Waals surface area contributed by atoms with Crippen LogP contribution in [0.15, 0.2) is 42.5 Å². The van der Waals surface area contributed by atoms with E-state index < -0.39 is 17.7 Å². The van der Waals surface area contributed by atoms with E-state index in [9.17, 15) is 18.7 Å². The molecular weight excluding hydrogens is 374 g/mol. The molecule has 4 nitrogen and oxygen atoms in total. The standard InChI is InChI=1S/C23H28F2N2O2/c1-23(2,3)21-14-17(10-11-27(21)22(28)29)26-20-7-5-4-6-16(20)12-15-8-9-18(24)19(25)13-15/h4-9,13,17,21,26H,10-12,14H2,1-3H3,(H,28,29). The smallest absolute Gasteiger partial charge is 0.407 e. The van der Waals surface area contributed by atoms with Crippen LogP contribution in [0.3, 0.4) is 0 Å². The van der Waals surface area contributed by atoms with Gasteiger partial charge < -0.3 is 15.3 Å². The van der Waals surface area contributed by atoms with Crippen LogP contribution in [0.4, 0.5) is 19.3 Å². The highest BCUT2D eigenvalue weighted by molar-refractivity contribution is 5.66. The summed E-state index contributed by atoms with van der Waals surface area (Å²) in [6.07, 6.45) is 1.05. The number of nitrogens with one attached hydrogen (secondary N) is 1. The molecule has 0 aromatic heterocycles. The first-order chi connectivity index (χ1) is 13.6. The lowest BCUT2D eigenvalue weighted by atomic mass is 9.79. The second-order valence-electron chi connectivity index (χ2n) is 8.81. The van der Waals surface area contributed by atoms with Gasteiger partial charge in [0.25, 0.3) is 0 Å². The van der Waals surface area contributed by atoms with Crippen molar-refractivity contribution in [2.75, 3.05) is 11.9 Å². The average molecular weight is 402 g/mol. The van der Waals surface area contributed by atoms with Gasteiger partial charge in [-0.05, 0) is 54.0 Å². The molecule has 1 amide bonds. The highest BCUT2D eigenvalue weighted by Gasteiger charge is 2.38. The topological polar surface area (TPSA) is 52.6 Å². The highest BCUT2D eigenvalue weighted by Crippen LogP contribution is 2.33. The summed E-state index contributed by atoms with van der Waals surface area (Å²) in [4.78, 5) is 13.2. The Labute approximate surface area is 170 Å². The van der Waals surface area contributed by atoms with E-state index >= 15 is 0 Å². The van der Waals surface area contributed by atoms with Gasteiger partial charge in [-0.3, -0.25) is 0 Å². The van der Waals surface area contributed by atoms with Crippen molar-refractivity contribution in [3.63, 3.8) is 0 Å². The van der Waals surface area contributed by atoms with Gasteiger partial charge in [0.1, 0.15) is 0 Å². The number of carbonyl (C=O) groups is 1. The second-order valence-corrected chi connectivity index (χ2v) is 8.81. The van der Waals surface area contributed by atoms with Crippen LogP contribution in [0.5, 0.6) is 0 Å². The van der Waals surface area contributed by atoms with Crippen molar-refractivity contribution in [2.24, 2.45) is 5.41 Å². The first-order valence-electron chi connectivity index (χ1n) is 9.93. The predicted molar refractivity (Wildman–Crippen MR) is 110 cm³/mol. The maximum Gasteiger partial charge on any atom is 0.407 e. The van der Waals surface area contributed by atoms with Crippen molar-refractivity contribution in [1.29, 1.82) is 0 Å². The summed E-state index contributed by atoms with van der Waals surface area (Å²) in [7, 11) is 0. The van der Waals surface area contributed by atoms with Crippen molar-refractivity contribution in [3.8, 4) is 0 Å². The maximum atomic E-state index is 13.6. The zero-order valence-electron chi connectivity index (χ0n) is 17.1. The number of halogens is 2. The summed E-state index contributed by atoms with van der Waals surface area (Å²) in [5.41, 5.74) is 2.47. The minimum absolute atomic E-state index is 0.0791. The van der Waals surface area contributed by atoms with E-state index in [2.05, 4.69) is 26.1 Å². The Bertz CT molecular complexity index is 879. The zero-order valence-corrected chi connectivity index (χ0v) is 17.1. The number of rotatable bonds is 4. The van der Waals surface area contributed by atoms with Crippen LogP contribution >= 0.6 is 0 Å². The molecule has 1 heterocycles. The minimum Gasteiger partial charge on any atom is -0.465 e. The molecule has 2 unspecified atom stereocenters. The van der Waals surface area contributed by atoms with Gasteiger partial charge in [-0.2, -0.15) is 0 Å². The van der Waals surface area contributed by atoms with Gasteiger partial charge in [0, 0.05) is 24.3 Å². The van der Waals surface area contributed by atoms with E-state index in [1.54, 1.807) is 11.0 Å². The number of hydrogen-bond donors (Lipinski definition) is 2. The van der Waals surface area contributed by atoms with Gasteiger partial charge in [0.05, 0.1) is 0 Å². The van der Waals surface area contributed by atoms with Crippen molar-refractivity contribution < 1.29 is 18.7 Å². The van der Waals surface area contributed by atoms with E-state index in [0.29, 0.717) is 18.5 Å². The monoisotopic (exact) mass is 402 g/mol. The first-order valence-corrected chi connectivity index (χ1v) is 9.93. The summed E-state index contributed by atoms with van der Waals surface area (Å²) in [6.45, 7) is 6.67. The van der Waals surface area contributed by atoms with Crippen LogP contribution in [0.25, 0.3) is 0 Å². The largest absolute Gasteiger partial charge is 0.465 e. The third-order valence-corrected chi connectivity index (χ3v) is 5.60. The molecule has 1 fully saturated rings. The predicted octanol–water partition coefficient (Wildman–Crippen LogP) is 5.52. The normalized spacial score (nSPS) is 19.8. The lowest BCUT2D eigenvalue weighted by molar-refractivity contribution is 0.0557. The molecule has 1 aliphatic heterocycles. The number of benzene rings is 2. The third kappa shape index (κ3) is 5.05. The van der Waals surface area contributed by atoms with Crippen LogP contribution in [0.1, 0.15) is 44.7 Å². The van der Waals surface area contributed by atoms with Crippen molar-refractivity contribution in [3.05, 3.63) is 65.2 Å². The highest BCUT2D eigenvalue weighted by atomic mass is 19.2. The number of piperidine rings is 1. The van der Waals surface area contributed by atoms with E-state index in [0.717, 1.165) is 30.2 Å². The van der Waals surface area contributed by atoms with Gasteiger partial charge in [-0.15, -0.1) is 0 Å². The summed E-state index contributed by atoms with van der Waals surface area (Å²) in [5.74, 6) is -1.69. The molecular formula is C23H28F2N2O2. The Morgan fingerprint density at radius 2 is 1.90 bits per heavy atom. The lowest BCUT2D eigenvalue weighted by Gasteiger charge is -2.45. The summed E-state index contributed by atoms with van der Waals surface area (Å²) >= 11 is 0. The van der Waals surface area contributed by atoms with Crippen molar-refractivity contribution in [1.82, 2.24) is 4.90 Å². The Kier molecular flexibility index (Phi) is 6.10. The molecule has 0 saturated carbocycles. The summed E-state index contributed by atoms with van der Waals surface area (Å²) < 4.78 is 26.8. The SMILES string of the molecule is CC(C)(C)C1CC(Nc2ccccc2Cc2ccc(F)c(F)c2)CCN1C(=O)O. The molecule has 156 valence electrons. The van der Waals surface area contributed by atoms with Gasteiger partial charge in [-0.25, -0.2) is 13.6 Å². The molecule has 0 bridgehead atoms. The Balaban J connectivity index is 1.77. The van der Waals surface area contributed by atoms with Gasteiger partial charge >= 0.3 is 6.09 Å². The minimum atomic E-state index is -0.873. The fourth-order valence-electron chi connectivity index (χ4n) is 4.05. The quantitative estimate of drug-likeness (QED) is 0.708. The third-order valence-electron chi connectivity index (χ3n) is 5.60. The number of amides is 1. The van der Waals surface area contributed by atoms with Crippen LogP contribution in [0, 0.1) is 17.0 Å². The van der Waals surface area contributed by atoms with E-state index in [1.807, 2.05) is 24.3 Å². The number of anilines is 1. The summed E-state index contributed by atoms with van der Waals surface area (Å²) in [5, 5.41) is 13.1. The van der Waals surface area contributed by atoms with Gasteiger partial charge in [0.2, 0.25) is 0 Å². The fraction of sp³-hybridized carbons (Fsp3) is 0.435. The number of likely N-dealkylation sites (tertiary alicyclic amines) is 1. The second kappa shape index (κ2) is 8.39. The van der Waals surface area contributed by atoms with E-state index in [1.165, 1.54) is 6.07 Å². The fourth-order valence-corrected chi connectivity index (χ4v) is 4.05. The molecule has 29 heavy (non-hydrogen) atoms. The Hall–Kier alpha value is -2.63. The molecule has 1 aliphatic rings. The number of para-hydroxylation sites is 1. The average Bonchev–Trinajstić information content (AvgIpc) is 2.65. The molecule has 0 spiro atoms. The molecule has 3 rings (SSSR count). The van der Waals surface area contributed by atoms with Gasteiger partial charge in [-0.1, -0.05) is 45.0 Å². The lowest BCUT2D eigenvalue weighted by Crippen LogP contribution is -2.54. The van der Waals surface area contributed by atoms with E-state index in [4.69, 9.17) is 0 Å². The number of carboxylic acid groups (broad SMARTS) is 1. The molecule has 2 aromatic rings. The Morgan fingerprint density at radius 1 is 1.17 bits per heavy atom. The Morgan fingerprint density at radius 3 is 2.55 bits per heavy atom. The number of nitrogens with zero attached hydrogens (tertiary/aromatic N) is 1. The van der Waals surface area contributed by atoms with Crippen LogP contribution in [-0.4, -0.2) is 34.7 Å². The van der Waals surface area contributed by atoms with E-state index in [-0.39, 0.29) is 17.5 Å².